The molecule has 4 aliphatic carbocycles. The number of fused-ring (bicyclic) bond motifs is 11. The summed E-state index contributed by atoms with van der Waals surface area (Å²) in [6.45, 7) is 0. The van der Waals surface area contributed by atoms with E-state index in [1.165, 1.54) is 35.1 Å². The van der Waals surface area contributed by atoms with Crippen molar-refractivity contribution in [3.8, 4) is 0 Å². The van der Waals surface area contributed by atoms with E-state index in [9.17, 15) is 19.2 Å². The lowest BCUT2D eigenvalue weighted by Gasteiger charge is -2.39. The zero-order valence-corrected chi connectivity index (χ0v) is 30.2. The summed E-state index contributed by atoms with van der Waals surface area (Å²) in [6, 6.07) is 15.6. The molecule has 0 spiro atoms. The predicted octanol–water partition coefficient (Wildman–Crippen LogP) is 10.6. The number of hydrogen-bond donors (Lipinski definition) is 0. The number of Topliss-reactive ketones (excluding diaryl/α,β-unsaturated/α-hetero) is 4. The fourth-order valence-corrected chi connectivity index (χ4v) is 14.7. The summed E-state index contributed by atoms with van der Waals surface area (Å²) < 4.78 is 9.21. The van der Waals surface area contributed by atoms with E-state index >= 15 is 0 Å². The second-order valence-electron chi connectivity index (χ2n) is 14.4. The molecular weight excluding hydrogens is 701 g/mol. The molecule has 246 valence electrons. The van der Waals surface area contributed by atoms with Crippen molar-refractivity contribution < 1.29 is 19.2 Å². The zero-order chi connectivity index (χ0) is 33.6. The van der Waals surface area contributed by atoms with Gasteiger partial charge in [0.05, 0.1) is 40.1 Å². The van der Waals surface area contributed by atoms with Gasteiger partial charge in [0.1, 0.15) is 5.00 Å². The maximum Gasteiger partial charge on any atom is 0.197 e. The molecule has 4 aliphatic rings. The van der Waals surface area contributed by atoms with Crippen molar-refractivity contribution in [3.05, 3.63) is 70.1 Å². The van der Waals surface area contributed by atoms with Gasteiger partial charge in [0.2, 0.25) is 0 Å². The largest absolute Gasteiger partial charge is 0.340 e. The molecular formula is C40H28N2O4S4. The summed E-state index contributed by atoms with van der Waals surface area (Å²) >= 11 is 6.64. The average Bonchev–Trinajstić information content (AvgIpc) is 3.96. The Labute approximate surface area is 301 Å². The summed E-state index contributed by atoms with van der Waals surface area (Å²) in [5.74, 6) is 0.318. The Hall–Kier alpha value is -4.09. The van der Waals surface area contributed by atoms with Crippen LogP contribution in [0.1, 0.15) is 64.1 Å². The van der Waals surface area contributed by atoms with Gasteiger partial charge in [0.25, 0.3) is 0 Å². The minimum absolute atomic E-state index is 0.0329. The summed E-state index contributed by atoms with van der Waals surface area (Å²) in [6.07, 6.45) is 8.34. The van der Waals surface area contributed by atoms with Crippen LogP contribution in [0.25, 0.3) is 56.1 Å². The minimum Gasteiger partial charge on any atom is -0.340 e. The highest BCUT2D eigenvalue weighted by Gasteiger charge is 2.52. The van der Waals surface area contributed by atoms with Crippen LogP contribution in [0.5, 0.6) is 0 Å². The van der Waals surface area contributed by atoms with E-state index in [0.717, 1.165) is 63.3 Å². The smallest absolute Gasteiger partial charge is 0.197 e. The van der Waals surface area contributed by atoms with Gasteiger partial charge < -0.3 is 4.57 Å². The van der Waals surface area contributed by atoms with Gasteiger partial charge in [-0.3, -0.25) is 19.2 Å². The van der Waals surface area contributed by atoms with Crippen LogP contribution in [-0.2, 0) is 16.6 Å². The highest BCUT2D eigenvalue weighted by atomic mass is 32.1. The number of hydrogen-bond acceptors (Lipinski definition) is 9. The fourth-order valence-electron chi connectivity index (χ4n) is 9.36. The molecule has 3 fully saturated rings. The van der Waals surface area contributed by atoms with Crippen LogP contribution in [0.2, 0.25) is 0 Å². The van der Waals surface area contributed by atoms with Crippen LogP contribution >= 0.6 is 45.3 Å². The highest BCUT2D eigenvalue weighted by molar-refractivity contribution is 7.39. The highest BCUT2D eigenvalue weighted by Crippen LogP contribution is 2.52. The third-order valence-corrected chi connectivity index (χ3v) is 16.5. The van der Waals surface area contributed by atoms with Crippen molar-refractivity contribution in [1.82, 2.24) is 4.57 Å². The molecule has 0 radical (unpaired) electrons. The van der Waals surface area contributed by atoms with Crippen molar-refractivity contribution in [1.29, 1.82) is 0 Å². The molecule has 50 heavy (non-hydrogen) atoms. The first-order valence-electron chi connectivity index (χ1n) is 17.2. The van der Waals surface area contributed by atoms with Crippen LogP contribution in [-0.4, -0.2) is 33.4 Å². The Bertz CT molecular complexity index is 2710. The number of nitrogens with zero attached hydrogens (tertiary/aromatic N) is 2. The molecule has 0 amide bonds. The van der Waals surface area contributed by atoms with Crippen LogP contribution in [0.15, 0.2) is 59.1 Å². The minimum atomic E-state index is -0.214. The van der Waals surface area contributed by atoms with Gasteiger partial charge >= 0.3 is 0 Å². The Kier molecular flexibility index (Phi) is 6.21. The molecule has 0 aliphatic heterocycles. The van der Waals surface area contributed by atoms with Crippen molar-refractivity contribution in [2.75, 3.05) is 0 Å². The number of aryl methyl sites for hydroxylation is 1. The van der Waals surface area contributed by atoms with Crippen LogP contribution in [0.3, 0.4) is 0 Å². The fraction of sp³-hybridized carbons (Fsp3) is 0.275. The summed E-state index contributed by atoms with van der Waals surface area (Å²) in [5, 5.41) is 2.62. The lowest BCUT2D eigenvalue weighted by Crippen LogP contribution is -2.35. The number of carbonyl (C=O) groups excluding carboxylic acids is 4. The molecule has 3 saturated carbocycles. The number of thiophene rings is 4. The van der Waals surface area contributed by atoms with Gasteiger partial charge in [-0.1, -0.05) is 49.9 Å². The standard InChI is InChI=1S/C40H28N2O4S4/c1-42-31-37-27(15-21(47-37)14-26-33(43)22-10-17-6-2-3-7-18(17)11-23(22)34(26)44)48-39(31)40-32(42)38-28(49-40)16-29(50-38)41-30-35(45)24-12-19-8-4-5-9-20(19)13-25(24)36(30)46/h2-3,6-7,10-11,14-16,19-20,24-25H,4-5,8-9,12-13H2,1H3. The number of ketones is 4. The monoisotopic (exact) mass is 728 g/mol. The van der Waals surface area contributed by atoms with Crippen molar-refractivity contribution in [2.45, 2.75) is 38.5 Å². The molecule has 7 aromatic rings. The number of rotatable bonds is 2. The normalized spacial score (nSPS) is 23.7. The van der Waals surface area contributed by atoms with Gasteiger partial charge in [-0.2, -0.15) is 0 Å². The van der Waals surface area contributed by atoms with Crippen molar-refractivity contribution in [2.24, 2.45) is 35.7 Å². The molecule has 2 aromatic carbocycles. The second kappa shape index (κ2) is 10.5. The van der Waals surface area contributed by atoms with E-state index in [0.29, 0.717) is 23.0 Å². The first kappa shape index (κ1) is 29.6. The van der Waals surface area contributed by atoms with Crippen LogP contribution < -0.4 is 0 Å². The molecule has 11 rings (SSSR count). The maximum atomic E-state index is 13.5. The average molecular weight is 729 g/mol. The van der Waals surface area contributed by atoms with E-state index in [1.54, 1.807) is 51.4 Å². The third-order valence-electron chi connectivity index (χ3n) is 11.7. The molecule has 5 aromatic heterocycles. The third kappa shape index (κ3) is 4.01. The van der Waals surface area contributed by atoms with Crippen molar-refractivity contribution >= 4 is 135 Å². The van der Waals surface area contributed by atoms with Gasteiger partial charge in [-0.25, -0.2) is 4.99 Å². The van der Waals surface area contributed by atoms with E-state index in [1.807, 2.05) is 42.5 Å². The lowest BCUT2D eigenvalue weighted by molar-refractivity contribution is -0.123. The molecule has 4 atom stereocenters. The second-order valence-corrected chi connectivity index (χ2v) is 18.6. The summed E-state index contributed by atoms with van der Waals surface area (Å²) in [7, 11) is 2.09. The SMILES string of the molecule is Cn1c2c3sc(C=C4C(=O)c5cc6ccccc6cc5C4=O)cc3sc2c2sc3cc(N=C4C(=O)C5CC6CCCCC6CC5C4=O)sc3c21. The van der Waals surface area contributed by atoms with Gasteiger partial charge in [-0.05, 0) is 65.8 Å². The number of benzene rings is 2. The Morgan fingerprint density at radius 1 is 0.700 bits per heavy atom. The number of aromatic nitrogens is 1. The molecule has 6 nitrogen and oxygen atoms in total. The topological polar surface area (TPSA) is 85.6 Å². The maximum absolute atomic E-state index is 13.5. The Morgan fingerprint density at radius 3 is 1.86 bits per heavy atom. The summed E-state index contributed by atoms with van der Waals surface area (Å²) in [4.78, 5) is 59.5. The van der Waals surface area contributed by atoms with E-state index in [2.05, 4.69) is 17.7 Å². The quantitative estimate of drug-likeness (QED) is 0.131. The van der Waals surface area contributed by atoms with Gasteiger partial charge in [0.15, 0.2) is 28.8 Å². The van der Waals surface area contributed by atoms with E-state index in [4.69, 9.17) is 4.99 Å². The zero-order valence-electron chi connectivity index (χ0n) is 26.9. The van der Waals surface area contributed by atoms with Crippen molar-refractivity contribution in [3.63, 3.8) is 0 Å². The van der Waals surface area contributed by atoms with Crippen LogP contribution in [0.4, 0.5) is 5.00 Å². The number of aliphatic imine (C=N–C) groups is 1. The van der Waals surface area contributed by atoms with E-state index in [-0.39, 0.29) is 46.3 Å². The molecule has 0 bridgehead atoms. The number of carbonyl (C=O) groups is 4. The predicted molar refractivity (Wildman–Crippen MR) is 206 cm³/mol. The van der Waals surface area contributed by atoms with Gasteiger partial charge in [-0.15, -0.1) is 45.3 Å². The molecule has 0 saturated heterocycles. The van der Waals surface area contributed by atoms with Gasteiger partial charge in [0, 0.05) is 39.6 Å². The lowest BCUT2D eigenvalue weighted by atomic mass is 9.64. The number of allylic oxidation sites excluding steroid dienone is 1. The van der Waals surface area contributed by atoms with Crippen LogP contribution in [0, 0.1) is 23.7 Å². The molecule has 4 unspecified atom stereocenters. The first-order chi connectivity index (χ1) is 24.3. The molecule has 10 heteroatoms. The Balaban J connectivity index is 0.946. The first-order valence-corrected chi connectivity index (χ1v) is 20.5. The molecule has 5 heterocycles. The summed E-state index contributed by atoms with van der Waals surface area (Å²) in [5.41, 5.74) is 3.64. The molecule has 0 N–H and O–H groups in total. The van der Waals surface area contributed by atoms with E-state index < -0.39 is 0 Å². The Morgan fingerprint density at radius 2 is 1.26 bits per heavy atom.